The van der Waals surface area contributed by atoms with Crippen LogP contribution in [0.2, 0.25) is 0 Å². The molecule has 184 valence electrons. The van der Waals surface area contributed by atoms with Crippen LogP contribution < -0.4 is 0 Å². The first-order valence-corrected chi connectivity index (χ1v) is 14.0. The highest BCUT2D eigenvalue weighted by molar-refractivity contribution is 7.99. The van der Waals surface area contributed by atoms with Crippen molar-refractivity contribution >= 4 is 11.8 Å². The highest BCUT2D eigenvalue weighted by Crippen LogP contribution is 2.48. The molecular formula is C29H45NO2S. The number of allylic oxidation sites excluding steroid dienone is 2. The third-order valence-electron chi connectivity index (χ3n) is 7.42. The van der Waals surface area contributed by atoms with Crippen molar-refractivity contribution in [3.63, 3.8) is 0 Å². The zero-order chi connectivity index (χ0) is 24.0. The Hall–Kier alpha value is -1.07. The van der Waals surface area contributed by atoms with Crippen molar-refractivity contribution in [2.24, 2.45) is 17.8 Å². The van der Waals surface area contributed by atoms with E-state index in [4.69, 9.17) is 0 Å². The predicted molar refractivity (Wildman–Crippen MR) is 143 cm³/mol. The van der Waals surface area contributed by atoms with Crippen molar-refractivity contribution in [1.82, 2.24) is 4.90 Å². The molecule has 2 N–H and O–H groups in total. The molecule has 0 heterocycles. The van der Waals surface area contributed by atoms with E-state index in [-0.39, 0.29) is 12.0 Å². The van der Waals surface area contributed by atoms with Crippen LogP contribution in [-0.2, 0) is 6.42 Å². The zero-order valence-corrected chi connectivity index (χ0v) is 22.1. The lowest BCUT2D eigenvalue weighted by molar-refractivity contribution is 0.140. The number of rotatable bonds is 12. The Kier molecular flexibility index (Phi) is 10.1. The Bertz CT molecular complexity index is 795. The van der Waals surface area contributed by atoms with Gasteiger partial charge in [0, 0.05) is 36.7 Å². The van der Waals surface area contributed by atoms with Crippen LogP contribution in [0.4, 0.5) is 0 Å². The molecule has 1 aromatic carbocycles. The van der Waals surface area contributed by atoms with Gasteiger partial charge in [0.2, 0.25) is 0 Å². The molecule has 3 rings (SSSR count). The first kappa shape index (κ1) is 26.5. The summed E-state index contributed by atoms with van der Waals surface area (Å²) in [6.45, 7) is 12.4. The molecule has 0 spiro atoms. The minimum absolute atomic E-state index is 0.161. The summed E-state index contributed by atoms with van der Waals surface area (Å²) in [6.07, 6.45) is 9.46. The molecule has 0 aromatic heterocycles. The van der Waals surface area contributed by atoms with Crippen molar-refractivity contribution in [3.05, 3.63) is 59.2 Å². The molecule has 0 unspecified atom stereocenters. The average molecular weight is 472 g/mol. The van der Waals surface area contributed by atoms with Crippen LogP contribution >= 0.6 is 11.8 Å². The number of fused-ring (bicyclic) bond motifs is 1. The summed E-state index contributed by atoms with van der Waals surface area (Å²) in [4.78, 5) is 2.57. The van der Waals surface area contributed by atoms with Gasteiger partial charge in [0.25, 0.3) is 0 Å². The molecule has 4 heteroatoms. The lowest BCUT2D eigenvalue weighted by Crippen LogP contribution is -2.38. The third-order valence-corrected chi connectivity index (χ3v) is 8.38. The minimum Gasteiger partial charge on any atom is -0.392 e. The van der Waals surface area contributed by atoms with Crippen molar-refractivity contribution in [2.45, 2.75) is 84.6 Å². The summed E-state index contributed by atoms with van der Waals surface area (Å²) < 4.78 is 0. The molecular weight excluding hydrogens is 426 g/mol. The molecule has 1 saturated carbocycles. The van der Waals surface area contributed by atoms with Crippen LogP contribution in [0.15, 0.2) is 48.1 Å². The summed E-state index contributed by atoms with van der Waals surface area (Å²) in [5, 5.41) is 21.2. The first-order chi connectivity index (χ1) is 15.7. The van der Waals surface area contributed by atoms with Gasteiger partial charge in [-0.3, -0.25) is 4.90 Å². The van der Waals surface area contributed by atoms with Gasteiger partial charge in [-0.25, -0.2) is 0 Å². The Labute approximate surface area is 206 Å². The molecule has 2 aliphatic carbocycles. The van der Waals surface area contributed by atoms with Gasteiger partial charge in [-0.1, -0.05) is 53.6 Å². The maximum atomic E-state index is 10.6. The molecule has 2 aliphatic rings. The average Bonchev–Trinajstić information content (AvgIpc) is 3.24. The molecule has 0 saturated heterocycles. The second-order valence-corrected chi connectivity index (χ2v) is 11.9. The molecule has 1 aromatic rings. The van der Waals surface area contributed by atoms with E-state index in [1.54, 1.807) is 5.57 Å². The van der Waals surface area contributed by atoms with Crippen LogP contribution in [0, 0.1) is 24.7 Å². The molecule has 33 heavy (non-hydrogen) atoms. The lowest BCUT2D eigenvalue weighted by atomic mass is 9.88. The van der Waals surface area contributed by atoms with E-state index in [1.165, 1.54) is 23.5 Å². The summed E-state index contributed by atoms with van der Waals surface area (Å²) in [7, 11) is 0. The van der Waals surface area contributed by atoms with Crippen LogP contribution in [0.3, 0.4) is 0 Å². The summed E-state index contributed by atoms with van der Waals surface area (Å²) in [5.41, 5.74) is 3.95. The van der Waals surface area contributed by atoms with Crippen LogP contribution in [0.1, 0.15) is 58.1 Å². The fraction of sp³-hybridized carbons (Fsp3) is 0.655. The maximum Gasteiger partial charge on any atom is 0.0761 e. The van der Waals surface area contributed by atoms with Crippen molar-refractivity contribution in [1.29, 1.82) is 0 Å². The Balaban J connectivity index is 1.43. The normalized spacial score (nSPS) is 26.1. The molecule has 0 aliphatic heterocycles. The largest absolute Gasteiger partial charge is 0.392 e. The SMILES string of the molecule is Cc1cccc(C[C@H](O)C=C[C@@H]2[C@H]3CC(CCSCCN(C(C)C)C(C)C)=C[C@H]3C[C@H]2O)c1. The van der Waals surface area contributed by atoms with Crippen molar-refractivity contribution < 1.29 is 10.2 Å². The van der Waals surface area contributed by atoms with E-state index >= 15 is 0 Å². The fourth-order valence-corrected chi connectivity index (χ4v) is 6.73. The van der Waals surface area contributed by atoms with Gasteiger partial charge in [-0.05, 0) is 77.0 Å². The summed E-state index contributed by atoms with van der Waals surface area (Å²) in [6, 6.07) is 9.53. The number of aryl methyl sites for hydroxylation is 1. The number of hydrogen-bond donors (Lipinski definition) is 2. The molecule has 5 atom stereocenters. The highest BCUT2D eigenvalue weighted by Gasteiger charge is 2.43. The van der Waals surface area contributed by atoms with E-state index in [2.05, 4.69) is 81.6 Å². The van der Waals surface area contributed by atoms with Gasteiger partial charge in [-0.15, -0.1) is 0 Å². The van der Waals surface area contributed by atoms with Gasteiger partial charge in [0.15, 0.2) is 0 Å². The van der Waals surface area contributed by atoms with Gasteiger partial charge < -0.3 is 10.2 Å². The van der Waals surface area contributed by atoms with Gasteiger partial charge >= 0.3 is 0 Å². The molecule has 0 radical (unpaired) electrons. The highest BCUT2D eigenvalue weighted by atomic mass is 32.2. The standard InChI is InChI=1S/C29H45NO2S/c1-20(2)30(21(3)4)12-14-33-13-11-24-16-25-19-29(32)27(28(25)18-24)10-9-26(31)17-23-8-6-7-22(5)15-23/h6-10,15-16,20-21,25-29,31-32H,11-14,17-19H2,1-5H3/t25-,26+,27+,28-,29+/m0/s1. The predicted octanol–water partition coefficient (Wildman–Crippen LogP) is 5.64. The van der Waals surface area contributed by atoms with Crippen LogP contribution in [-0.4, -0.2) is 57.5 Å². The number of thioether (sulfide) groups is 1. The Morgan fingerprint density at radius 1 is 1.15 bits per heavy atom. The van der Waals surface area contributed by atoms with E-state index in [9.17, 15) is 10.2 Å². The zero-order valence-electron chi connectivity index (χ0n) is 21.3. The lowest BCUT2D eigenvalue weighted by Gasteiger charge is -2.30. The molecule has 3 nitrogen and oxygen atoms in total. The molecule has 0 bridgehead atoms. The Morgan fingerprint density at radius 3 is 2.61 bits per heavy atom. The smallest absolute Gasteiger partial charge is 0.0761 e. The molecule has 0 amide bonds. The summed E-state index contributed by atoms with van der Waals surface area (Å²) >= 11 is 2.07. The third kappa shape index (κ3) is 7.71. The Morgan fingerprint density at radius 2 is 1.91 bits per heavy atom. The monoisotopic (exact) mass is 471 g/mol. The van der Waals surface area contributed by atoms with Crippen molar-refractivity contribution in [2.75, 3.05) is 18.1 Å². The topological polar surface area (TPSA) is 43.7 Å². The molecule has 1 fully saturated rings. The van der Waals surface area contributed by atoms with E-state index in [1.807, 2.05) is 12.1 Å². The summed E-state index contributed by atoms with van der Waals surface area (Å²) in [5.74, 6) is 3.54. The number of aliphatic hydroxyl groups excluding tert-OH is 2. The van der Waals surface area contributed by atoms with E-state index < -0.39 is 6.10 Å². The second kappa shape index (κ2) is 12.6. The van der Waals surface area contributed by atoms with Crippen molar-refractivity contribution in [3.8, 4) is 0 Å². The fourth-order valence-electron chi connectivity index (χ4n) is 5.78. The van der Waals surface area contributed by atoms with Gasteiger partial charge in [0.05, 0.1) is 12.2 Å². The number of nitrogens with zero attached hydrogens (tertiary/aromatic N) is 1. The van der Waals surface area contributed by atoms with Crippen LogP contribution in [0.5, 0.6) is 0 Å². The second-order valence-electron chi connectivity index (χ2n) is 10.7. The first-order valence-electron chi connectivity index (χ1n) is 12.9. The van der Waals surface area contributed by atoms with E-state index in [0.717, 1.165) is 24.9 Å². The van der Waals surface area contributed by atoms with Gasteiger partial charge in [0.1, 0.15) is 0 Å². The number of hydrogen-bond acceptors (Lipinski definition) is 4. The number of aliphatic hydroxyl groups is 2. The van der Waals surface area contributed by atoms with Crippen LogP contribution in [0.25, 0.3) is 0 Å². The number of benzene rings is 1. The maximum absolute atomic E-state index is 10.6. The van der Waals surface area contributed by atoms with E-state index in [0.29, 0.717) is 30.3 Å². The van der Waals surface area contributed by atoms with Gasteiger partial charge in [-0.2, -0.15) is 11.8 Å². The minimum atomic E-state index is -0.500. The quantitative estimate of drug-likeness (QED) is 0.306.